The fourth-order valence-corrected chi connectivity index (χ4v) is 3.44. The zero-order valence-electron chi connectivity index (χ0n) is 16.5. The van der Waals surface area contributed by atoms with Crippen LogP contribution in [0.5, 0.6) is 11.5 Å². The molecule has 2 aromatic heterocycles. The summed E-state index contributed by atoms with van der Waals surface area (Å²) in [5, 5.41) is 24.4. The van der Waals surface area contributed by atoms with Gasteiger partial charge in [-0.3, -0.25) is 9.67 Å². The van der Waals surface area contributed by atoms with Gasteiger partial charge in [0, 0.05) is 31.4 Å². The van der Waals surface area contributed by atoms with Crippen LogP contribution in [0.15, 0.2) is 30.7 Å². The van der Waals surface area contributed by atoms with Gasteiger partial charge in [0.25, 0.3) is 0 Å². The Hall–Kier alpha value is -2.65. The molecule has 2 atom stereocenters. The van der Waals surface area contributed by atoms with E-state index in [1.54, 1.807) is 36.3 Å². The molecule has 0 aromatic carbocycles. The number of hydrogen-bond acceptors (Lipinski definition) is 7. The van der Waals surface area contributed by atoms with E-state index in [1.807, 2.05) is 0 Å². The highest BCUT2D eigenvalue weighted by Crippen LogP contribution is 2.25. The fraction of sp³-hybridized carbons (Fsp3) is 0.550. The Morgan fingerprint density at radius 3 is 2.79 bits per heavy atom. The molecule has 1 saturated carbocycles. The summed E-state index contributed by atoms with van der Waals surface area (Å²) in [6.45, 7) is -0.188. The SMILES string of the molecule is Cn1cc(OC[C@H](N)[C@](O)(Cc2cc(OC3CCCCC3)ccn2)C(=O)O)cn1. The molecule has 158 valence electrons. The predicted molar refractivity (Wildman–Crippen MR) is 105 cm³/mol. The lowest BCUT2D eigenvalue weighted by Gasteiger charge is -2.29. The number of aliphatic hydroxyl groups is 1. The number of nitrogens with zero attached hydrogens (tertiary/aromatic N) is 3. The Bertz CT molecular complexity index is 821. The Balaban J connectivity index is 1.66. The topological polar surface area (TPSA) is 133 Å². The quantitative estimate of drug-likeness (QED) is 0.569. The molecule has 2 heterocycles. The second kappa shape index (κ2) is 9.23. The Morgan fingerprint density at radius 1 is 1.38 bits per heavy atom. The van der Waals surface area contributed by atoms with Gasteiger partial charge in [-0.25, -0.2) is 4.79 Å². The maximum absolute atomic E-state index is 11.8. The lowest BCUT2D eigenvalue weighted by molar-refractivity contribution is -0.161. The lowest BCUT2D eigenvalue weighted by atomic mass is 9.89. The summed E-state index contributed by atoms with van der Waals surface area (Å²) in [5.74, 6) is -0.369. The second-order valence-corrected chi connectivity index (χ2v) is 7.53. The lowest BCUT2D eigenvalue weighted by Crippen LogP contribution is -2.58. The number of carbonyl (C=O) groups is 1. The van der Waals surface area contributed by atoms with Crippen LogP contribution in [0.1, 0.15) is 37.8 Å². The monoisotopic (exact) mass is 404 g/mol. The molecule has 0 spiro atoms. The summed E-state index contributed by atoms with van der Waals surface area (Å²) in [4.78, 5) is 16.0. The van der Waals surface area contributed by atoms with Gasteiger partial charge in [0.15, 0.2) is 11.4 Å². The molecule has 9 heteroatoms. The van der Waals surface area contributed by atoms with Crippen LogP contribution in [0.25, 0.3) is 0 Å². The van der Waals surface area contributed by atoms with Crippen molar-refractivity contribution in [2.24, 2.45) is 12.8 Å². The molecule has 0 bridgehead atoms. The summed E-state index contributed by atoms with van der Waals surface area (Å²) >= 11 is 0. The molecule has 2 aromatic rings. The largest absolute Gasteiger partial charge is 0.490 e. The third-order valence-electron chi connectivity index (χ3n) is 5.19. The maximum Gasteiger partial charge on any atom is 0.337 e. The smallest absolute Gasteiger partial charge is 0.337 e. The van der Waals surface area contributed by atoms with Gasteiger partial charge in [0.05, 0.1) is 24.5 Å². The van der Waals surface area contributed by atoms with Crippen LogP contribution < -0.4 is 15.2 Å². The van der Waals surface area contributed by atoms with E-state index in [-0.39, 0.29) is 19.1 Å². The van der Waals surface area contributed by atoms with E-state index >= 15 is 0 Å². The third-order valence-corrected chi connectivity index (χ3v) is 5.19. The van der Waals surface area contributed by atoms with E-state index in [0.717, 1.165) is 25.7 Å². The molecule has 1 fully saturated rings. The van der Waals surface area contributed by atoms with Gasteiger partial charge in [-0.1, -0.05) is 6.42 Å². The summed E-state index contributed by atoms with van der Waals surface area (Å²) in [7, 11) is 1.73. The minimum absolute atomic E-state index is 0.160. The Morgan fingerprint density at radius 2 is 2.14 bits per heavy atom. The van der Waals surface area contributed by atoms with E-state index in [1.165, 1.54) is 12.6 Å². The molecule has 3 rings (SSSR count). The molecule has 9 nitrogen and oxygen atoms in total. The molecule has 0 saturated heterocycles. The van der Waals surface area contributed by atoms with Crippen LogP contribution in [0.3, 0.4) is 0 Å². The molecule has 0 amide bonds. The maximum atomic E-state index is 11.8. The van der Waals surface area contributed by atoms with Crippen LogP contribution in [0, 0.1) is 0 Å². The number of carboxylic acids is 1. The number of pyridine rings is 1. The highest BCUT2D eigenvalue weighted by molar-refractivity contribution is 5.78. The van der Waals surface area contributed by atoms with Gasteiger partial charge in [0.2, 0.25) is 0 Å². The first-order valence-electron chi connectivity index (χ1n) is 9.81. The molecule has 0 radical (unpaired) electrons. The van der Waals surface area contributed by atoms with Crippen molar-refractivity contribution in [3.05, 3.63) is 36.4 Å². The molecular formula is C20H28N4O5. The highest BCUT2D eigenvalue weighted by atomic mass is 16.5. The summed E-state index contributed by atoms with van der Waals surface area (Å²) in [6, 6.07) is 2.23. The van der Waals surface area contributed by atoms with Gasteiger partial charge < -0.3 is 25.4 Å². The van der Waals surface area contributed by atoms with E-state index in [0.29, 0.717) is 17.2 Å². The number of hydrogen-bond donors (Lipinski definition) is 3. The van der Waals surface area contributed by atoms with Crippen molar-refractivity contribution in [1.29, 1.82) is 0 Å². The van der Waals surface area contributed by atoms with Crippen molar-refractivity contribution in [3.63, 3.8) is 0 Å². The highest BCUT2D eigenvalue weighted by Gasteiger charge is 2.43. The Kier molecular flexibility index (Phi) is 6.71. The standard InChI is InChI=1S/C20H28N4O5/c1-24-12-17(11-23-24)28-13-18(21)20(27,19(25)26)10-14-9-16(7-8-22-14)29-15-5-3-2-4-6-15/h7-9,11-12,15,18,27H,2-6,10,13,21H2,1H3,(H,25,26)/t18-,20+/m0/s1. The summed E-state index contributed by atoms with van der Waals surface area (Å²) < 4.78 is 13.0. The van der Waals surface area contributed by atoms with Gasteiger partial charge in [0.1, 0.15) is 12.4 Å². The van der Waals surface area contributed by atoms with Crippen LogP contribution in [0.2, 0.25) is 0 Å². The number of carboxylic acid groups (broad SMARTS) is 1. The number of aryl methyl sites for hydroxylation is 1. The fourth-order valence-electron chi connectivity index (χ4n) is 3.44. The molecule has 1 aliphatic rings. The van der Waals surface area contributed by atoms with Gasteiger partial charge in [-0.05, 0) is 31.7 Å². The molecule has 29 heavy (non-hydrogen) atoms. The number of ether oxygens (including phenoxy) is 2. The Labute approximate surface area is 169 Å². The minimum atomic E-state index is -2.24. The van der Waals surface area contributed by atoms with Crippen LogP contribution in [-0.4, -0.2) is 55.3 Å². The average molecular weight is 404 g/mol. The van der Waals surface area contributed by atoms with E-state index in [4.69, 9.17) is 15.2 Å². The summed E-state index contributed by atoms with van der Waals surface area (Å²) in [5.41, 5.74) is 4.15. The van der Waals surface area contributed by atoms with Crippen molar-refractivity contribution in [2.75, 3.05) is 6.61 Å². The second-order valence-electron chi connectivity index (χ2n) is 7.53. The predicted octanol–water partition coefficient (Wildman–Crippen LogP) is 1.29. The number of aromatic nitrogens is 3. The molecular weight excluding hydrogens is 376 g/mol. The van der Waals surface area contributed by atoms with E-state index in [2.05, 4.69) is 10.1 Å². The first-order valence-corrected chi connectivity index (χ1v) is 9.81. The number of rotatable bonds is 9. The third kappa shape index (κ3) is 5.45. The van der Waals surface area contributed by atoms with Gasteiger partial charge in [-0.15, -0.1) is 0 Å². The van der Waals surface area contributed by atoms with Crippen LogP contribution in [-0.2, 0) is 18.3 Å². The zero-order chi connectivity index (χ0) is 20.9. The van der Waals surface area contributed by atoms with Gasteiger partial charge in [-0.2, -0.15) is 5.10 Å². The molecule has 0 unspecified atom stereocenters. The van der Waals surface area contributed by atoms with Crippen molar-refractivity contribution < 1.29 is 24.5 Å². The number of nitrogens with two attached hydrogens (primary N) is 1. The van der Waals surface area contributed by atoms with Crippen molar-refractivity contribution >= 4 is 5.97 Å². The zero-order valence-corrected chi connectivity index (χ0v) is 16.5. The van der Waals surface area contributed by atoms with Crippen LogP contribution in [0.4, 0.5) is 0 Å². The van der Waals surface area contributed by atoms with Crippen molar-refractivity contribution in [3.8, 4) is 11.5 Å². The van der Waals surface area contributed by atoms with Gasteiger partial charge >= 0.3 is 5.97 Å². The number of aliphatic carboxylic acids is 1. The molecule has 1 aliphatic carbocycles. The minimum Gasteiger partial charge on any atom is -0.490 e. The first kappa shape index (κ1) is 21.1. The molecule has 4 N–H and O–H groups in total. The van der Waals surface area contributed by atoms with E-state index in [9.17, 15) is 15.0 Å². The normalized spacial score (nSPS) is 18.0. The average Bonchev–Trinajstić information content (AvgIpc) is 3.12. The van der Waals surface area contributed by atoms with E-state index < -0.39 is 17.6 Å². The van der Waals surface area contributed by atoms with Crippen molar-refractivity contribution in [2.45, 2.75) is 56.3 Å². The van der Waals surface area contributed by atoms with Crippen LogP contribution >= 0.6 is 0 Å². The first-order chi connectivity index (χ1) is 13.9. The van der Waals surface area contributed by atoms with Crippen molar-refractivity contribution in [1.82, 2.24) is 14.8 Å². The molecule has 0 aliphatic heterocycles. The summed E-state index contributed by atoms with van der Waals surface area (Å²) in [6.07, 6.45) is 10.1.